The lowest BCUT2D eigenvalue weighted by Gasteiger charge is -2.37. The van der Waals surface area contributed by atoms with Crippen molar-refractivity contribution >= 4 is 12.1 Å². The molecule has 1 N–H and O–H groups in total. The summed E-state index contributed by atoms with van der Waals surface area (Å²) in [6, 6.07) is 15.6. The van der Waals surface area contributed by atoms with Crippen LogP contribution in [-0.2, 0) is 9.53 Å². The third-order valence-electron chi connectivity index (χ3n) is 6.18. The molecule has 1 aliphatic rings. The molecule has 0 bridgehead atoms. The summed E-state index contributed by atoms with van der Waals surface area (Å²) < 4.78 is 43.5. The number of carboxylic acid groups (broad SMARTS) is 1. The third kappa shape index (κ3) is 5.31. The zero-order valence-electron chi connectivity index (χ0n) is 18.7. The molecule has 8 heteroatoms. The summed E-state index contributed by atoms with van der Waals surface area (Å²) in [5.74, 6) is -1.56. The normalized spacial score (nSPS) is 14.8. The van der Waals surface area contributed by atoms with E-state index in [1.807, 2.05) is 48.5 Å². The zero-order chi connectivity index (χ0) is 24.2. The smallest absolute Gasteiger partial charge is 0.410 e. The summed E-state index contributed by atoms with van der Waals surface area (Å²) in [5.41, 5.74) is 2.34. The Morgan fingerprint density at radius 1 is 1.00 bits per heavy atom. The number of rotatable bonds is 9. The van der Waals surface area contributed by atoms with Crippen LogP contribution >= 0.6 is 0 Å². The van der Waals surface area contributed by atoms with Crippen molar-refractivity contribution in [2.75, 3.05) is 13.2 Å². The van der Waals surface area contributed by atoms with Crippen LogP contribution in [0.4, 0.5) is 18.0 Å². The minimum absolute atomic E-state index is 0.00528. The Morgan fingerprint density at radius 3 is 2.03 bits per heavy atom. The topological polar surface area (TPSA) is 66.8 Å². The first-order valence-corrected chi connectivity index (χ1v) is 11.0. The first-order chi connectivity index (χ1) is 15.6. The molecule has 1 aliphatic carbocycles. The molecule has 0 saturated carbocycles. The number of carbonyl (C=O) groups is 2. The second kappa shape index (κ2) is 9.85. The predicted octanol–water partition coefficient (Wildman–Crippen LogP) is 6.22. The van der Waals surface area contributed by atoms with Crippen molar-refractivity contribution < 1.29 is 32.6 Å². The number of carboxylic acids is 1. The number of benzene rings is 2. The van der Waals surface area contributed by atoms with Crippen molar-refractivity contribution in [3.63, 3.8) is 0 Å². The summed E-state index contributed by atoms with van der Waals surface area (Å²) in [5, 5.41) is 9.82. The fraction of sp³-hybridized carbons (Fsp3) is 0.440. The molecule has 0 radical (unpaired) electrons. The average Bonchev–Trinajstić information content (AvgIpc) is 3.08. The summed E-state index contributed by atoms with van der Waals surface area (Å²) in [4.78, 5) is 26.2. The maximum Gasteiger partial charge on any atom is 0.410 e. The van der Waals surface area contributed by atoms with Gasteiger partial charge in [0.05, 0.1) is 0 Å². The lowest BCUT2D eigenvalue weighted by Crippen LogP contribution is -2.55. The SMILES string of the molecule is CCCN(C(=O)OCC1c2ccccc2-c2ccccc21)C(C)(CCCC(F)(F)F)C(=O)O. The van der Waals surface area contributed by atoms with E-state index in [2.05, 4.69) is 0 Å². The van der Waals surface area contributed by atoms with E-state index < -0.39 is 36.6 Å². The number of hydrogen-bond acceptors (Lipinski definition) is 3. The van der Waals surface area contributed by atoms with Gasteiger partial charge in [0.25, 0.3) is 0 Å². The molecule has 0 saturated heterocycles. The fourth-order valence-electron chi connectivity index (χ4n) is 4.43. The zero-order valence-corrected chi connectivity index (χ0v) is 18.7. The quantitative estimate of drug-likeness (QED) is 0.479. The molecule has 0 heterocycles. The van der Waals surface area contributed by atoms with Gasteiger partial charge < -0.3 is 9.84 Å². The van der Waals surface area contributed by atoms with Crippen molar-refractivity contribution in [2.45, 2.75) is 57.2 Å². The molecule has 178 valence electrons. The van der Waals surface area contributed by atoms with Gasteiger partial charge in [0, 0.05) is 18.9 Å². The van der Waals surface area contributed by atoms with E-state index in [4.69, 9.17) is 4.74 Å². The third-order valence-corrected chi connectivity index (χ3v) is 6.18. The highest BCUT2D eigenvalue weighted by atomic mass is 19.4. The number of nitrogens with zero attached hydrogens (tertiary/aromatic N) is 1. The molecule has 0 fully saturated rings. The van der Waals surface area contributed by atoms with Crippen LogP contribution in [0.25, 0.3) is 11.1 Å². The number of alkyl halides is 3. The molecule has 0 aromatic heterocycles. The Morgan fingerprint density at radius 2 is 1.55 bits per heavy atom. The molecule has 1 unspecified atom stereocenters. The summed E-state index contributed by atoms with van der Waals surface area (Å²) in [6.07, 6.45) is -6.63. The molecule has 0 aliphatic heterocycles. The molecule has 0 spiro atoms. The minimum atomic E-state index is -4.39. The van der Waals surface area contributed by atoms with E-state index in [9.17, 15) is 27.9 Å². The molecule has 2 aromatic carbocycles. The van der Waals surface area contributed by atoms with E-state index >= 15 is 0 Å². The van der Waals surface area contributed by atoms with Gasteiger partial charge in [-0.25, -0.2) is 9.59 Å². The molecule has 33 heavy (non-hydrogen) atoms. The van der Waals surface area contributed by atoms with Gasteiger partial charge in [-0.2, -0.15) is 13.2 Å². The highest BCUT2D eigenvalue weighted by molar-refractivity contribution is 5.84. The summed E-state index contributed by atoms with van der Waals surface area (Å²) >= 11 is 0. The van der Waals surface area contributed by atoms with Crippen LogP contribution < -0.4 is 0 Å². The molecule has 1 amide bonds. The van der Waals surface area contributed by atoms with Gasteiger partial charge in [-0.05, 0) is 48.4 Å². The number of fused-ring (bicyclic) bond motifs is 3. The highest BCUT2D eigenvalue weighted by Gasteiger charge is 2.44. The van der Waals surface area contributed by atoms with Crippen LogP contribution in [0.3, 0.4) is 0 Å². The lowest BCUT2D eigenvalue weighted by molar-refractivity contribution is -0.153. The Balaban J connectivity index is 1.78. The number of carbonyl (C=O) groups excluding carboxylic acids is 1. The van der Waals surface area contributed by atoms with Crippen LogP contribution in [0.1, 0.15) is 56.6 Å². The van der Waals surface area contributed by atoms with Crippen molar-refractivity contribution in [3.8, 4) is 11.1 Å². The van der Waals surface area contributed by atoms with E-state index in [1.165, 1.54) is 6.92 Å². The molecule has 1 atom stereocenters. The van der Waals surface area contributed by atoms with E-state index in [0.29, 0.717) is 6.42 Å². The molecular formula is C25H28F3NO4. The van der Waals surface area contributed by atoms with Gasteiger partial charge in [0.2, 0.25) is 0 Å². The number of hydrogen-bond donors (Lipinski definition) is 1. The summed E-state index contributed by atoms with van der Waals surface area (Å²) in [6.45, 7) is 3.11. The van der Waals surface area contributed by atoms with Gasteiger partial charge in [-0.1, -0.05) is 55.5 Å². The first-order valence-electron chi connectivity index (χ1n) is 11.0. The number of amides is 1. The van der Waals surface area contributed by atoms with Crippen LogP contribution in [0.2, 0.25) is 0 Å². The Labute approximate surface area is 191 Å². The fourth-order valence-corrected chi connectivity index (χ4v) is 4.43. The van der Waals surface area contributed by atoms with Crippen LogP contribution in [0.15, 0.2) is 48.5 Å². The van der Waals surface area contributed by atoms with Gasteiger partial charge in [0.1, 0.15) is 12.1 Å². The molecule has 5 nitrogen and oxygen atoms in total. The Bertz CT molecular complexity index is 962. The van der Waals surface area contributed by atoms with Crippen LogP contribution in [-0.4, -0.2) is 46.9 Å². The average molecular weight is 463 g/mol. The Kier molecular flexibility index (Phi) is 7.34. The highest BCUT2D eigenvalue weighted by Crippen LogP contribution is 2.44. The van der Waals surface area contributed by atoms with Crippen molar-refractivity contribution in [1.29, 1.82) is 0 Å². The van der Waals surface area contributed by atoms with E-state index in [0.717, 1.165) is 27.2 Å². The van der Waals surface area contributed by atoms with E-state index in [-0.39, 0.29) is 25.5 Å². The van der Waals surface area contributed by atoms with Gasteiger partial charge >= 0.3 is 18.2 Å². The van der Waals surface area contributed by atoms with Crippen molar-refractivity contribution in [3.05, 3.63) is 59.7 Å². The largest absolute Gasteiger partial charge is 0.480 e. The maximum absolute atomic E-state index is 13.0. The van der Waals surface area contributed by atoms with E-state index in [1.54, 1.807) is 6.92 Å². The number of ether oxygens (including phenoxy) is 1. The molecule has 3 rings (SSSR count). The monoisotopic (exact) mass is 463 g/mol. The first kappa shape index (κ1) is 24.6. The number of halogens is 3. The predicted molar refractivity (Wildman–Crippen MR) is 118 cm³/mol. The maximum atomic E-state index is 13.0. The lowest BCUT2D eigenvalue weighted by atomic mass is 9.92. The second-order valence-electron chi connectivity index (χ2n) is 8.50. The van der Waals surface area contributed by atoms with Crippen molar-refractivity contribution in [2.24, 2.45) is 0 Å². The summed E-state index contributed by atoms with van der Waals surface area (Å²) in [7, 11) is 0. The number of aliphatic carboxylic acids is 1. The van der Waals surface area contributed by atoms with Crippen LogP contribution in [0.5, 0.6) is 0 Å². The molecular weight excluding hydrogens is 435 g/mol. The van der Waals surface area contributed by atoms with Gasteiger partial charge in [-0.15, -0.1) is 0 Å². The van der Waals surface area contributed by atoms with Gasteiger partial charge in [-0.3, -0.25) is 4.90 Å². The standard InChI is InChI=1S/C25H28F3NO4/c1-3-15-29(24(2,22(30)31)13-8-14-25(26,27)28)23(32)33-16-21-19-11-6-4-9-17(19)18-10-5-7-12-20(18)21/h4-7,9-12,21H,3,8,13-16H2,1-2H3,(H,30,31). The molecule has 2 aromatic rings. The minimum Gasteiger partial charge on any atom is -0.480 e. The van der Waals surface area contributed by atoms with Crippen molar-refractivity contribution in [1.82, 2.24) is 4.90 Å². The van der Waals surface area contributed by atoms with Crippen LogP contribution in [0, 0.1) is 0 Å². The van der Waals surface area contributed by atoms with Gasteiger partial charge in [0.15, 0.2) is 0 Å². The Hall–Kier alpha value is -3.03. The second-order valence-corrected chi connectivity index (χ2v) is 8.50.